The predicted molar refractivity (Wildman–Crippen MR) is 43.5 cm³/mol. The van der Waals surface area contributed by atoms with Crippen molar-refractivity contribution in [2.45, 2.75) is 31.9 Å². The van der Waals surface area contributed by atoms with E-state index in [0.717, 1.165) is 19.6 Å². The smallest absolute Gasteiger partial charge is 0.0636 e. The first-order chi connectivity index (χ1) is 5.29. The molecule has 0 bridgehead atoms. The van der Waals surface area contributed by atoms with Gasteiger partial charge in [-0.15, -0.1) is 0 Å². The van der Waals surface area contributed by atoms with Crippen molar-refractivity contribution in [1.82, 2.24) is 5.32 Å². The van der Waals surface area contributed by atoms with E-state index < -0.39 is 0 Å². The van der Waals surface area contributed by atoms with Gasteiger partial charge in [-0.1, -0.05) is 0 Å². The number of ether oxygens (including phenoxy) is 1. The van der Waals surface area contributed by atoms with Gasteiger partial charge in [0.2, 0.25) is 0 Å². The van der Waals surface area contributed by atoms with Gasteiger partial charge in [0, 0.05) is 19.2 Å². The lowest BCUT2D eigenvalue weighted by atomic mass is 10.1. The van der Waals surface area contributed by atoms with Crippen molar-refractivity contribution in [3.05, 3.63) is 0 Å². The van der Waals surface area contributed by atoms with E-state index in [2.05, 4.69) is 5.32 Å². The third-order valence-electron chi connectivity index (χ3n) is 1.86. The molecule has 0 saturated carbocycles. The summed E-state index contributed by atoms with van der Waals surface area (Å²) in [4.78, 5) is 0. The van der Waals surface area contributed by atoms with Crippen LogP contribution >= 0.6 is 0 Å². The molecule has 66 valence electrons. The summed E-state index contributed by atoms with van der Waals surface area (Å²) >= 11 is 0. The zero-order valence-electron chi connectivity index (χ0n) is 7.05. The Kier molecular flexibility index (Phi) is 3.83. The summed E-state index contributed by atoms with van der Waals surface area (Å²) in [6, 6.07) is 0.457. The van der Waals surface area contributed by atoms with Gasteiger partial charge in [0.05, 0.1) is 12.7 Å². The van der Waals surface area contributed by atoms with Crippen LogP contribution in [0, 0.1) is 0 Å². The summed E-state index contributed by atoms with van der Waals surface area (Å²) in [5.41, 5.74) is 0. The van der Waals surface area contributed by atoms with E-state index >= 15 is 0 Å². The van der Waals surface area contributed by atoms with E-state index in [1.807, 2.05) is 0 Å². The zero-order valence-corrected chi connectivity index (χ0v) is 7.05. The second-order valence-corrected chi connectivity index (χ2v) is 3.17. The van der Waals surface area contributed by atoms with Crippen molar-refractivity contribution in [2.75, 3.05) is 19.8 Å². The molecule has 0 spiro atoms. The molecule has 0 amide bonds. The molecular formula is C8H17NO2. The second-order valence-electron chi connectivity index (χ2n) is 3.17. The van der Waals surface area contributed by atoms with Crippen molar-refractivity contribution in [2.24, 2.45) is 0 Å². The molecule has 1 fully saturated rings. The fraction of sp³-hybridized carbons (Fsp3) is 1.00. The van der Waals surface area contributed by atoms with Crippen molar-refractivity contribution < 1.29 is 9.84 Å². The van der Waals surface area contributed by atoms with Crippen molar-refractivity contribution in [1.29, 1.82) is 0 Å². The fourth-order valence-corrected chi connectivity index (χ4v) is 1.24. The molecule has 0 radical (unpaired) electrons. The highest BCUT2D eigenvalue weighted by molar-refractivity contribution is 4.70. The molecule has 3 heteroatoms. The number of rotatable bonds is 3. The molecule has 0 aromatic rings. The van der Waals surface area contributed by atoms with Crippen LogP contribution in [0.25, 0.3) is 0 Å². The standard InChI is InChI=1S/C8H17NO2/c1-7(10)5-9-8-3-2-4-11-6-8/h7-10H,2-6H2,1H3/t7-,8?/m0/s1. The summed E-state index contributed by atoms with van der Waals surface area (Å²) in [6.07, 6.45) is 2.06. The van der Waals surface area contributed by atoms with E-state index in [0.29, 0.717) is 12.6 Å². The third-order valence-corrected chi connectivity index (χ3v) is 1.86. The zero-order chi connectivity index (χ0) is 8.10. The van der Waals surface area contributed by atoms with Gasteiger partial charge in [0.25, 0.3) is 0 Å². The molecule has 1 saturated heterocycles. The molecule has 1 rings (SSSR count). The average Bonchev–Trinajstić information content (AvgIpc) is 2.03. The van der Waals surface area contributed by atoms with Crippen LogP contribution in [-0.2, 0) is 4.74 Å². The van der Waals surface area contributed by atoms with Crippen LogP contribution in [0.5, 0.6) is 0 Å². The van der Waals surface area contributed by atoms with Gasteiger partial charge in [0.15, 0.2) is 0 Å². The number of hydrogen-bond acceptors (Lipinski definition) is 3. The van der Waals surface area contributed by atoms with Gasteiger partial charge in [-0.25, -0.2) is 0 Å². The Morgan fingerprint density at radius 2 is 2.55 bits per heavy atom. The molecule has 2 atom stereocenters. The van der Waals surface area contributed by atoms with Crippen LogP contribution in [-0.4, -0.2) is 37.0 Å². The quantitative estimate of drug-likeness (QED) is 0.615. The Hall–Kier alpha value is -0.120. The largest absolute Gasteiger partial charge is 0.392 e. The predicted octanol–water partition coefficient (Wildman–Crippen LogP) is 0.136. The van der Waals surface area contributed by atoms with E-state index in [-0.39, 0.29) is 6.10 Å². The SMILES string of the molecule is C[C@H](O)CNC1CCCOC1. The molecule has 11 heavy (non-hydrogen) atoms. The summed E-state index contributed by atoms with van der Waals surface area (Å²) < 4.78 is 5.27. The number of aliphatic hydroxyl groups excluding tert-OH is 1. The molecular weight excluding hydrogens is 142 g/mol. The van der Waals surface area contributed by atoms with Crippen LogP contribution in [0.2, 0.25) is 0 Å². The Morgan fingerprint density at radius 1 is 1.73 bits per heavy atom. The monoisotopic (exact) mass is 159 g/mol. The van der Waals surface area contributed by atoms with E-state index in [1.165, 1.54) is 6.42 Å². The van der Waals surface area contributed by atoms with Crippen LogP contribution in [0.3, 0.4) is 0 Å². The molecule has 0 aromatic carbocycles. The Morgan fingerprint density at radius 3 is 3.09 bits per heavy atom. The minimum atomic E-state index is -0.253. The first-order valence-electron chi connectivity index (χ1n) is 4.28. The van der Waals surface area contributed by atoms with E-state index in [9.17, 15) is 0 Å². The lowest BCUT2D eigenvalue weighted by Crippen LogP contribution is -2.40. The lowest BCUT2D eigenvalue weighted by Gasteiger charge is -2.23. The summed E-state index contributed by atoms with van der Waals surface area (Å²) in [5, 5.41) is 12.2. The van der Waals surface area contributed by atoms with Crippen LogP contribution in [0.1, 0.15) is 19.8 Å². The Balaban J connectivity index is 2.05. The minimum Gasteiger partial charge on any atom is -0.392 e. The second kappa shape index (κ2) is 4.70. The number of aliphatic hydroxyl groups is 1. The van der Waals surface area contributed by atoms with Gasteiger partial charge >= 0.3 is 0 Å². The van der Waals surface area contributed by atoms with Crippen LogP contribution in [0.15, 0.2) is 0 Å². The average molecular weight is 159 g/mol. The summed E-state index contributed by atoms with van der Waals surface area (Å²) in [5.74, 6) is 0. The third kappa shape index (κ3) is 3.70. The summed E-state index contributed by atoms with van der Waals surface area (Å²) in [6.45, 7) is 4.16. The molecule has 1 heterocycles. The van der Waals surface area contributed by atoms with Gasteiger partial charge in [-0.05, 0) is 19.8 Å². The lowest BCUT2D eigenvalue weighted by molar-refractivity contribution is 0.0652. The summed E-state index contributed by atoms with van der Waals surface area (Å²) in [7, 11) is 0. The molecule has 0 aliphatic carbocycles. The first-order valence-corrected chi connectivity index (χ1v) is 4.28. The Labute approximate surface area is 67.7 Å². The van der Waals surface area contributed by atoms with Gasteiger partial charge in [0.1, 0.15) is 0 Å². The maximum atomic E-state index is 8.98. The van der Waals surface area contributed by atoms with Gasteiger partial charge < -0.3 is 15.2 Å². The maximum Gasteiger partial charge on any atom is 0.0636 e. The minimum absolute atomic E-state index is 0.253. The molecule has 0 aromatic heterocycles. The Bertz CT molecular complexity index is 100. The topological polar surface area (TPSA) is 41.5 Å². The van der Waals surface area contributed by atoms with Crippen molar-refractivity contribution >= 4 is 0 Å². The molecule has 1 unspecified atom stereocenters. The molecule has 1 aliphatic heterocycles. The highest BCUT2D eigenvalue weighted by Crippen LogP contribution is 2.05. The number of hydrogen-bond donors (Lipinski definition) is 2. The van der Waals surface area contributed by atoms with Gasteiger partial charge in [-0.2, -0.15) is 0 Å². The van der Waals surface area contributed by atoms with Crippen molar-refractivity contribution in [3.8, 4) is 0 Å². The van der Waals surface area contributed by atoms with Crippen LogP contribution in [0.4, 0.5) is 0 Å². The normalized spacial score (nSPS) is 28.4. The highest BCUT2D eigenvalue weighted by atomic mass is 16.5. The molecule has 2 N–H and O–H groups in total. The molecule has 1 aliphatic rings. The van der Waals surface area contributed by atoms with Gasteiger partial charge in [-0.3, -0.25) is 0 Å². The number of nitrogens with one attached hydrogen (secondary N) is 1. The van der Waals surface area contributed by atoms with E-state index in [4.69, 9.17) is 9.84 Å². The fourth-order valence-electron chi connectivity index (χ4n) is 1.24. The maximum absolute atomic E-state index is 8.98. The highest BCUT2D eigenvalue weighted by Gasteiger charge is 2.12. The van der Waals surface area contributed by atoms with E-state index in [1.54, 1.807) is 6.92 Å². The molecule has 3 nitrogen and oxygen atoms in total. The van der Waals surface area contributed by atoms with Crippen LogP contribution < -0.4 is 5.32 Å². The first kappa shape index (κ1) is 8.97. The van der Waals surface area contributed by atoms with Crippen molar-refractivity contribution in [3.63, 3.8) is 0 Å².